The maximum atomic E-state index is 12.2. The van der Waals surface area contributed by atoms with Gasteiger partial charge in [-0.2, -0.15) is 0 Å². The lowest BCUT2D eigenvalue weighted by Crippen LogP contribution is -2.14. The zero-order chi connectivity index (χ0) is 20.1. The summed E-state index contributed by atoms with van der Waals surface area (Å²) in [4.78, 5) is 28.8. The SMILES string of the molecule is Cc1csc(SCc2cc(=O)c(OC(=O)c3ccc(OC(C)C)cc3)co2)n1. The van der Waals surface area contributed by atoms with E-state index < -0.39 is 11.4 Å². The van der Waals surface area contributed by atoms with Gasteiger partial charge in [0.15, 0.2) is 4.34 Å². The molecule has 2 heterocycles. The van der Waals surface area contributed by atoms with Crippen molar-refractivity contribution in [3.05, 3.63) is 69.2 Å². The molecular formula is C20H19NO5S2. The molecule has 0 N–H and O–H groups in total. The fraction of sp³-hybridized carbons (Fsp3) is 0.250. The number of thiazole rings is 1. The second kappa shape index (κ2) is 9.07. The predicted molar refractivity (Wildman–Crippen MR) is 109 cm³/mol. The van der Waals surface area contributed by atoms with Crippen LogP contribution in [0, 0.1) is 6.92 Å². The molecule has 0 fully saturated rings. The van der Waals surface area contributed by atoms with E-state index in [0.717, 1.165) is 10.0 Å². The van der Waals surface area contributed by atoms with Gasteiger partial charge in [0.1, 0.15) is 17.8 Å². The van der Waals surface area contributed by atoms with Crippen LogP contribution in [0.2, 0.25) is 0 Å². The van der Waals surface area contributed by atoms with E-state index in [1.54, 1.807) is 24.3 Å². The predicted octanol–water partition coefficient (Wildman–Crippen LogP) is 4.70. The van der Waals surface area contributed by atoms with E-state index in [4.69, 9.17) is 13.9 Å². The van der Waals surface area contributed by atoms with Crippen molar-refractivity contribution < 1.29 is 18.7 Å². The Kier molecular flexibility index (Phi) is 6.53. The molecule has 0 amide bonds. The molecule has 0 spiro atoms. The van der Waals surface area contributed by atoms with Crippen molar-refractivity contribution >= 4 is 29.1 Å². The summed E-state index contributed by atoms with van der Waals surface area (Å²) in [6, 6.07) is 7.86. The molecule has 0 unspecified atom stereocenters. The number of aromatic nitrogens is 1. The molecule has 28 heavy (non-hydrogen) atoms. The second-order valence-corrected chi connectivity index (χ2v) is 8.28. The smallest absolute Gasteiger partial charge is 0.343 e. The molecule has 0 radical (unpaired) electrons. The zero-order valence-electron chi connectivity index (χ0n) is 15.6. The van der Waals surface area contributed by atoms with E-state index in [1.165, 1.54) is 35.4 Å². The van der Waals surface area contributed by atoms with Crippen LogP contribution in [0.25, 0.3) is 0 Å². The normalized spacial score (nSPS) is 10.9. The second-order valence-electron chi connectivity index (χ2n) is 6.20. The van der Waals surface area contributed by atoms with Crippen LogP contribution in [0.1, 0.15) is 35.7 Å². The Bertz CT molecular complexity index is 1010. The first kappa shape index (κ1) is 20.2. The lowest BCUT2D eigenvalue weighted by atomic mass is 10.2. The van der Waals surface area contributed by atoms with Crippen LogP contribution >= 0.6 is 23.1 Å². The van der Waals surface area contributed by atoms with Crippen molar-refractivity contribution in [2.24, 2.45) is 0 Å². The third-order valence-electron chi connectivity index (χ3n) is 3.45. The Morgan fingerprint density at radius 1 is 1.29 bits per heavy atom. The first-order valence-corrected chi connectivity index (χ1v) is 10.4. The van der Waals surface area contributed by atoms with Crippen LogP contribution in [0.15, 0.2) is 55.5 Å². The highest BCUT2D eigenvalue weighted by Crippen LogP contribution is 2.26. The third kappa shape index (κ3) is 5.46. The molecule has 0 atom stereocenters. The van der Waals surface area contributed by atoms with Crippen LogP contribution < -0.4 is 14.9 Å². The summed E-state index contributed by atoms with van der Waals surface area (Å²) < 4.78 is 17.0. The summed E-state index contributed by atoms with van der Waals surface area (Å²) in [5.41, 5.74) is 0.861. The first-order chi connectivity index (χ1) is 13.4. The van der Waals surface area contributed by atoms with Gasteiger partial charge in [-0.05, 0) is 45.0 Å². The van der Waals surface area contributed by atoms with Gasteiger partial charge in [-0.1, -0.05) is 11.8 Å². The van der Waals surface area contributed by atoms with E-state index >= 15 is 0 Å². The monoisotopic (exact) mass is 417 g/mol. The van der Waals surface area contributed by atoms with Gasteiger partial charge in [-0.3, -0.25) is 4.79 Å². The van der Waals surface area contributed by atoms with Crippen LogP contribution in [-0.2, 0) is 5.75 Å². The van der Waals surface area contributed by atoms with Gasteiger partial charge < -0.3 is 13.9 Å². The molecule has 1 aromatic carbocycles. The number of hydrogen-bond donors (Lipinski definition) is 0. The number of rotatable bonds is 7. The lowest BCUT2D eigenvalue weighted by molar-refractivity contribution is 0.0728. The van der Waals surface area contributed by atoms with Crippen molar-refractivity contribution in [3.8, 4) is 11.5 Å². The van der Waals surface area contributed by atoms with Crippen LogP contribution in [-0.4, -0.2) is 17.1 Å². The zero-order valence-corrected chi connectivity index (χ0v) is 17.3. The maximum Gasteiger partial charge on any atom is 0.343 e. The average Bonchev–Trinajstić information content (AvgIpc) is 3.07. The van der Waals surface area contributed by atoms with Gasteiger partial charge in [-0.25, -0.2) is 9.78 Å². The molecular weight excluding hydrogens is 398 g/mol. The maximum absolute atomic E-state index is 12.2. The minimum Gasteiger partial charge on any atom is -0.491 e. The topological polar surface area (TPSA) is 78.6 Å². The van der Waals surface area contributed by atoms with E-state index in [0.29, 0.717) is 22.8 Å². The number of thioether (sulfide) groups is 1. The highest BCUT2D eigenvalue weighted by atomic mass is 32.2. The molecule has 146 valence electrons. The summed E-state index contributed by atoms with van der Waals surface area (Å²) in [6.07, 6.45) is 1.21. The van der Waals surface area contributed by atoms with Gasteiger partial charge in [0.2, 0.25) is 11.2 Å². The van der Waals surface area contributed by atoms with Crippen LogP contribution in [0.5, 0.6) is 11.5 Å². The standard InChI is InChI=1S/C20H19NO5S2/c1-12(2)25-15-6-4-14(5-7-15)19(23)26-18-9-24-16(8-17(18)22)11-28-20-21-13(3)10-27-20/h4-10,12H,11H2,1-3H3. The Hall–Kier alpha value is -2.58. The first-order valence-electron chi connectivity index (χ1n) is 8.56. The molecule has 8 heteroatoms. The Balaban J connectivity index is 1.62. The number of esters is 1. The van der Waals surface area contributed by atoms with Gasteiger partial charge in [0, 0.05) is 17.1 Å². The van der Waals surface area contributed by atoms with E-state index in [-0.39, 0.29) is 11.9 Å². The summed E-state index contributed by atoms with van der Waals surface area (Å²) in [6.45, 7) is 5.76. The molecule has 0 bridgehead atoms. The highest BCUT2D eigenvalue weighted by Gasteiger charge is 2.13. The molecule has 3 aromatic rings. The van der Waals surface area contributed by atoms with Crippen molar-refractivity contribution in [3.63, 3.8) is 0 Å². The Morgan fingerprint density at radius 3 is 2.64 bits per heavy atom. The molecule has 0 saturated carbocycles. The van der Waals surface area contributed by atoms with Crippen LogP contribution in [0.4, 0.5) is 0 Å². The highest BCUT2D eigenvalue weighted by molar-refractivity contribution is 8.00. The minimum absolute atomic E-state index is 0.0405. The molecule has 0 aliphatic heterocycles. The van der Waals surface area contributed by atoms with Gasteiger partial charge >= 0.3 is 5.97 Å². The molecule has 2 aromatic heterocycles. The molecule has 0 saturated heterocycles. The lowest BCUT2D eigenvalue weighted by Gasteiger charge is -2.09. The average molecular weight is 418 g/mol. The van der Waals surface area contributed by atoms with Gasteiger partial charge in [-0.15, -0.1) is 11.3 Å². The van der Waals surface area contributed by atoms with E-state index in [1.807, 2.05) is 26.2 Å². The molecule has 6 nitrogen and oxygen atoms in total. The van der Waals surface area contributed by atoms with Crippen molar-refractivity contribution in [1.29, 1.82) is 0 Å². The number of carbonyl (C=O) groups excluding carboxylic acids is 1. The number of benzene rings is 1. The molecule has 0 aliphatic rings. The molecule has 3 rings (SSSR count). The summed E-state index contributed by atoms with van der Waals surface area (Å²) >= 11 is 3.02. The quantitative estimate of drug-likeness (QED) is 0.407. The van der Waals surface area contributed by atoms with Crippen molar-refractivity contribution in [1.82, 2.24) is 4.98 Å². The van der Waals surface area contributed by atoms with Crippen molar-refractivity contribution in [2.45, 2.75) is 37.0 Å². The largest absolute Gasteiger partial charge is 0.491 e. The van der Waals surface area contributed by atoms with E-state index in [9.17, 15) is 9.59 Å². The van der Waals surface area contributed by atoms with Gasteiger partial charge in [0.25, 0.3) is 0 Å². The number of ether oxygens (including phenoxy) is 2. The number of nitrogens with zero attached hydrogens (tertiary/aromatic N) is 1. The third-order valence-corrected chi connectivity index (χ3v) is 5.61. The number of aryl methyl sites for hydroxylation is 1. The summed E-state index contributed by atoms with van der Waals surface area (Å²) in [5.74, 6) is 0.824. The fourth-order valence-corrected chi connectivity index (χ4v) is 3.96. The van der Waals surface area contributed by atoms with Gasteiger partial charge in [0.05, 0.1) is 17.4 Å². The minimum atomic E-state index is -0.635. The number of carbonyl (C=O) groups is 1. The fourth-order valence-electron chi connectivity index (χ4n) is 2.22. The van der Waals surface area contributed by atoms with Crippen molar-refractivity contribution in [2.75, 3.05) is 0 Å². The summed E-state index contributed by atoms with van der Waals surface area (Å²) in [5, 5.41) is 1.96. The van der Waals surface area contributed by atoms with E-state index in [2.05, 4.69) is 4.98 Å². The Morgan fingerprint density at radius 2 is 2.04 bits per heavy atom. The molecule has 0 aliphatic carbocycles. The van der Waals surface area contributed by atoms with Crippen LogP contribution in [0.3, 0.4) is 0 Å². The number of hydrogen-bond acceptors (Lipinski definition) is 8. The Labute approximate surface area is 170 Å². The summed E-state index contributed by atoms with van der Waals surface area (Å²) in [7, 11) is 0.